The molecule has 1 saturated carbocycles. The van der Waals surface area contributed by atoms with E-state index in [0.717, 1.165) is 18.9 Å². The van der Waals surface area contributed by atoms with Gasteiger partial charge in [0.2, 0.25) is 0 Å². The number of amides is 1. The fourth-order valence-corrected chi connectivity index (χ4v) is 3.27. The zero-order chi connectivity index (χ0) is 18.7. The molecule has 134 valence electrons. The molecule has 1 amide bonds. The first-order valence-electron chi connectivity index (χ1n) is 8.27. The Morgan fingerprint density at radius 1 is 1.35 bits per heavy atom. The lowest BCUT2D eigenvalue weighted by molar-refractivity contribution is 0.100. The Morgan fingerprint density at radius 3 is 2.65 bits per heavy atom. The normalized spacial score (nSPS) is 14.1. The zero-order valence-electron chi connectivity index (χ0n) is 14.4. The van der Waals surface area contributed by atoms with Crippen molar-refractivity contribution in [2.24, 2.45) is 5.73 Å². The predicted molar refractivity (Wildman–Crippen MR) is 94.4 cm³/mol. The van der Waals surface area contributed by atoms with Gasteiger partial charge in [0.1, 0.15) is 17.1 Å². The van der Waals surface area contributed by atoms with Gasteiger partial charge in [0.25, 0.3) is 5.91 Å². The van der Waals surface area contributed by atoms with Crippen molar-refractivity contribution < 1.29 is 14.3 Å². The second-order valence-corrected chi connectivity index (χ2v) is 6.71. The third kappa shape index (κ3) is 2.29. The van der Waals surface area contributed by atoms with Crippen molar-refractivity contribution in [1.82, 2.24) is 14.6 Å². The number of nitrogens with zero attached hydrogens (tertiary/aromatic N) is 3. The molecule has 0 saturated heterocycles. The number of nitrogens with two attached hydrogens (primary N) is 2. The topological polar surface area (TPSA) is 120 Å². The molecule has 0 spiro atoms. The van der Waals surface area contributed by atoms with Crippen molar-refractivity contribution in [2.75, 3.05) is 5.73 Å². The van der Waals surface area contributed by atoms with Gasteiger partial charge in [-0.05, 0) is 43.4 Å². The van der Waals surface area contributed by atoms with Crippen LogP contribution in [-0.2, 0) is 0 Å². The minimum Gasteiger partial charge on any atom is -0.508 e. The van der Waals surface area contributed by atoms with Gasteiger partial charge in [-0.3, -0.25) is 4.79 Å². The Hall–Kier alpha value is -3.16. The summed E-state index contributed by atoms with van der Waals surface area (Å²) in [6, 6.07) is 1.05. The van der Waals surface area contributed by atoms with Crippen molar-refractivity contribution in [1.29, 1.82) is 0 Å². The molecule has 1 aliphatic rings. The van der Waals surface area contributed by atoms with Gasteiger partial charge in [-0.2, -0.15) is 5.10 Å². The number of aromatic hydroxyl groups is 1. The fraction of sp³-hybridized carbons (Fsp3) is 0.278. The van der Waals surface area contributed by atoms with Crippen LogP contribution in [0.3, 0.4) is 0 Å². The highest BCUT2D eigenvalue weighted by atomic mass is 19.1. The number of carbonyl (C=O) groups is 1. The van der Waals surface area contributed by atoms with Crippen molar-refractivity contribution in [3.8, 4) is 16.9 Å². The molecule has 5 N–H and O–H groups in total. The maximum absolute atomic E-state index is 14.2. The van der Waals surface area contributed by atoms with Crippen LogP contribution in [0, 0.1) is 19.7 Å². The average molecular weight is 355 g/mol. The molecule has 4 rings (SSSR count). The summed E-state index contributed by atoms with van der Waals surface area (Å²) >= 11 is 0. The number of anilines is 1. The van der Waals surface area contributed by atoms with Gasteiger partial charge in [-0.25, -0.2) is 13.9 Å². The van der Waals surface area contributed by atoms with Gasteiger partial charge in [0.05, 0.1) is 5.69 Å². The molecule has 0 atom stereocenters. The summed E-state index contributed by atoms with van der Waals surface area (Å²) in [6.07, 6.45) is 3.60. The minimum absolute atomic E-state index is 0.0458. The number of nitrogen functional groups attached to an aromatic ring is 1. The minimum atomic E-state index is -0.736. The van der Waals surface area contributed by atoms with E-state index in [1.807, 2.05) is 0 Å². The van der Waals surface area contributed by atoms with E-state index in [-0.39, 0.29) is 28.6 Å². The lowest BCUT2D eigenvalue weighted by atomic mass is 9.93. The number of halogens is 1. The Labute approximate surface area is 148 Å². The van der Waals surface area contributed by atoms with Crippen LogP contribution in [0.5, 0.6) is 5.75 Å². The number of benzene rings is 1. The third-order valence-electron chi connectivity index (χ3n) is 4.90. The standard InChI is InChI=1S/C18H18FN5O2/c1-7-11(19)5-12(25)8(2)13(7)10-6-24-18(14(15(10)20)16(21)26)22-17(23-24)9-3-4-9/h5-6,9,25H,3-4,20H2,1-2H3,(H2,21,26). The molecule has 0 radical (unpaired) electrons. The maximum atomic E-state index is 14.2. The molecule has 8 heteroatoms. The number of rotatable bonds is 3. The van der Waals surface area contributed by atoms with E-state index in [1.54, 1.807) is 20.0 Å². The Morgan fingerprint density at radius 2 is 2.04 bits per heavy atom. The first kappa shape index (κ1) is 16.3. The molecule has 1 aliphatic carbocycles. The van der Waals surface area contributed by atoms with Gasteiger partial charge in [0, 0.05) is 23.7 Å². The second-order valence-electron chi connectivity index (χ2n) is 6.71. The molecular formula is C18H18FN5O2. The van der Waals surface area contributed by atoms with E-state index in [1.165, 1.54) is 4.52 Å². The van der Waals surface area contributed by atoms with Gasteiger partial charge in [-0.15, -0.1) is 0 Å². The number of carbonyl (C=O) groups excluding carboxylic acids is 1. The van der Waals surface area contributed by atoms with E-state index < -0.39 is 11.7 Å². The SMILES string of the molecule is Cc1c(O)cc(F)c(C)c1-c1cn2nc(C3CC3)nc2c(C(N)=O)c1N. The van der Waals surface area contributed by atoms with Crippen LogP contribution in [-0.4, -0.2) is 25.6 Å². The summed E-state index contributed by atoms with van der Waals surface area (Å²) in [5, 5.41) is 14.5. The number of phenolic OH excluding ortho intramolecular Hbond substituents is 1. The summed E-state index contributed by atoms with van der Waals surface area (Å²) in [4.78, 5) is 16.5. The monoisotopic (exact) mass is 355 g/mol. The number of fused-ring (bicyclic) bond motifs is 1. The van der Waals surface area contributed by atoms with Crippen LogP contribution in [0.15, 0.2) is 12.3 Å². The van der Waals surface area contributed by atoms with Gasteiger partial charge in [-0.1, -0.05) is 0 Å². The maximum Gasteiger partial charge on any atom is 0.254 e. The molecule has 1 fully saturated rings. The molecule has 26 heavy (non-hydrogen) atoms. The first-order chi connectivity index (χ1) is 12.3. The van der Waals surface area contributed by atoms with E-state index >= 15 is 0 Å². The van der Waals surface area contributed by atoms with Gasteiger partial charge < -0.3 is 16.6 Å². The number of aromatic nitrogens is 3. The van der Waals surface area contributed by atoms with E-state index in [0.29, 0.717) is 28.1 Å². The van der Waals surface area contributed by atoms with E-state index in [4.69, 9.17) is 11.5 Å². The molecular weight excluding hydrogens is 337 g/mol. The second kappa shape index (κ2) is 5.42. The van der Waals surface area contributed by atoms with E-state index in [2.05, 4.69) is 10.1 Å². The number of hydrogen-bond acceptors (Lipinski definition) is 5. The van der Waals surface area contributed by atoms with Crippen LogP contribution in [0.25, 0.3) is 16.8 Å². The summed E-state index contributed by atoms with van der Waals surface area (Å²) in [6.45, 7) is 3.24. The lowest BCUT2D eigenvalue weighted by Gasteiger charge is -2.16. The highest BCUT2D eigenvalue weighted by Gasteiger charge is 2.30. The molecule has 0 aliphatic heterocycles. The number of hydrogen-bond donors (Lipinski definition) is 3. The molecule has 0 bridgehead atoms. The fourth-order valence-electron chi connectivity index (χ4n) is 3.27. The largest absolute Gasteiger partial charge is 0.508 e. The van der Waals surface area contributed by atoms with Crippen molar-refractivity contribution in [2.45, 2.75) is 32.6 Å². The zero-order valence-corrected chi connectivity index (χ0v) is 14.4. The molecule has 2 heterocycles. The molecule has 2 aromatic heterocycles. The number of pyridine rings is 1. The first-order valence-corrected chi connectivity index (χ1v) is 8.27. The Bertz CT molecular complexity index is 1060. The number of primary amides is 1. The highest BCUT2D eigenvalue weighted by molar-refractivity contribution is 6.07. The van der Waals surface area contributed by atoms with Crippen LogP contribution in [0.2, 0.25) is 0 Å². The van der Waals surface area contributed by atoms with Crippen molar-refractivity contribution >= 4 is 17.2 Å². The van der Waals surface area contributed by atoms with E-state index in [9.17, 15) is 14.3 Å². The van der Waals surface area contributed by atoms with Gasteiger partial charge >= 0.3 is 0 Å². The molecule has 0 unspecified atom stereocenters. The Kier molecular flexibility index (Phi) is 3.40. The quantitative estimate of drug-likeness (QED) is 0.666. The van der Waals surface area contributed by atoms with Crippen LogP contribution >= 0.6 is 0 Å². The molecule has 1 aromatic carbocycles. The predicted octanol–water partition coefficient (Wildman–Crippen LogP) is 2.42. The van der Waals surface area contributed by atoms with Crippen LogP contribution < -0.4 is 11.5 Å². The average Bonchev–Trinajstić information content (AvgIpc) is 3.34. The van der Waals surface area contributed by atoms with Crippen molar-refractivity contribution in [3.63, 3.8) is 0 Å². The summed E-state index contributed by atoms with van der Waals surface area (Å²) in [5.74, 6) is -0.581. The molecule has 7 nitrogen and oxygen atoms in total. The van der Waals surface area contributed by atoms with Gasteiger partial charge in [0.15, 0.2) is 11.5 Å². The van der Waals surface area contributed by atoms with Crippen LogP contribution in [0.1, 0.15) is 46.1 Å². The Balaban J connectivity index is 2.08. The summed E-state index contributed by atoms with van der Waals surface area (Å²) < 4.78 is 15.7. The molecule has 3 aromatic rings. The van der Waals surface area contributed by atoms with Crippen LogP contribution in [0.4, 0.5) is 10.1 Å². The highest BCUT2D eigenvalue weighted by Crippen LogP contribution is 2.41. The summed E-state index contributed by atoms with van der Waals surface area (Å²) in [7, 11) is 0. The summed E-state index contributed by atoms with van der Waals surface area (Å²) in [5.41, 5.74) is 13.8. The number of phenols is 1. The van der Waals surface area contributed by atoms with Crippen molar-refractivity contribution in [3.05, 3.63) is 40.6 Å². The third-order valence-corrected chi connectivity index (χ3v) is 4.90. The smallest absolute Gasteiger partial charge is 0.254 e. The lowest BCUT2D eigenvalue weighted by Crippen LogP contribution is -2.17.